The second-order valence-corrected chi connectivity index (χ2v) is 12.1. The third kappa shape index (κ3) is 3.58. The summed E-state index contributed by atoms with van der Waals surface area (Å²) in [6.45, 7) is 1.62. The van der Waals surface area contributed by atoms with Crippen molar-refractivity contribution in [2.75, 3.05) is 14.1 Å². The molecule has 0 bridgehead atoms. The van der Waals surface area contributed by atoms with E-state index in [1.54, 1.807) is 37.3 Å². The Bertz CT molecular complexity index is 1750. The number of primary amides is 1. The van der Waals surface area contributed by atoms with Gasteiger partial charge >= 0.3 is 0 Å². The Labute approximate surface area is 250 Å². The Morgan fingerprint density at radius 3 is 2.09 bits per heavy atom. The fourth-order valence-electron chi connectivity index (χ4n) is 7.64. The molecular formula is C32H30N2O10. The number of ketones is 4. The smallest absolute Gasteiger partial charge is 0.255 e. The van der Waals surface area contributed by atoms with E-state index in [1.807, 2.05) is 0 Å². The van der Waals surface area contributed by atoms with E-state index in [0.717, 1.165) is 0 Å². The zero-order chi connectivity index (χ0) is 32.2. The molecule has 2 aromatic rings. The van der Waals surface area contributed by atoms with Crippen LogP contribution in [0.1, 0.15) is 50.2 Å². The number of phenols is 1. The Morgan fingerprint density at radius 1 is 0.955 bits per heavy atom. The van der Waals surface area contributed by atoms with Gasteiger partial charge in [0.05, 0.1) is 29.5 Å². The first-order valence-electron chi connectivity index (χ1n) is 14.0. The average molecular weight is 603 g/mol. The first kappa shape index (κ1) is 29.4. The van der Waals surface area contributed by atoms with Crippen LogP contribution in [0.15, 0.2) is 53.3 Å². The van der Waals surface area contributed by atoms with Crippen molar-refractivity contribution in [3.63, 3.8) is 0 Å². The molecule has 12 heteroatoms. The molecule has 1 amide bonds. The summed E-state index contributed by atoms with van der Waals surface area (Å²) >= 11 is 0. The highest BCUT2D eigenvalue weighted by Gasteiger charge is 2.68. The van der Waals surface area contributed by atoms with Crippen molar-refractivity contribution in [3.8, 4) is 5.75 Å². The standard InChI is InChI=1S/C32H30N2O10/c1-11-13-9-8-12(10-16-24(36)14-6-4-5-7-15(14)25(16)37)23(35)18(13)26(38)19-17(11)27(39)21-22(34(2)3)28(40)20(31(33)43)30(42)32(21,44)29(19)41/h4-9,11,16-17,21-22,27,35,38-39,42,44H,10H2,1-3H3,(H2,33,43)/t11-,17+,21+,22-,27-,32-/m1/s1. The lowest BCUT2D eigenvalue weighted by atomic mass is 9.54. The number of benzene rings is 2. The lowest BCUT2D eigenvalue weighted by Gasteiger charge is -2.53. The zero-order valence-electron chi connectivity index (χ0n) is 23.9. The van der Waals surface area contributed by atoms with Crippen LogP contribution < -0.4 is 5.73 Å². The van der Waals surface area contributed by atoms with E-state index < -0.39 is 98.9 Å². The largest absolute Gasteiger partial charge is 0.508 e. The van der Waals surface area contributed by atoms with Crippen LogP contribution >= 0.6 is 0 Å². The number of hydrogen-bond donors (Lipinski definition) is 6. The quantitative estimate of drug-likeness (QED) is 0.212. The van der Waals surface area contributed by atoms with Gasteiger partial charge in [-0.15, -0.1) is 0 Å². The van der Waals surface area contributed by atoms with Crippen molar-refractivity contribution in [3.05, 3.63) is 81.1 Å². The highest BCUT2D eigenvalue weighted by atomic mass is 16.4. The number of aliphatic hydroxyl groups excluding tert-OH is 3. The van der Waals surface area contributed by atoms with Gasteiger partial charge in [-0.1, -0.05) is 43.3 Å². The third-order valence-electron chi connectivity index (χ3n) is 9.73. The van der Waals surface area contributed by atoms with Gasteiger partial charge in [-0.05, 0) is 37.6 Å². The summed E-state index contributed by atoms with van der Waals surface area (Å²) in [6.07, 6.45) is -1.91. The van der Waals surface area contributed by atoms with Crippen molar-refractivity contribution in [2.45, 2.75) is 37.0 Å². The van der Waals surface area contributed by atoms with Crippen molar-refractivity contribution in [2.24, 2.45) is 23.5 Å². The van der Waals surface area contributed by atoms with E-state index in [1.165, 1.54) is 25.1 Å². The van der Waals surface area contributed by atoms with Crippen molar-refractivity contribution in [1.29, 1.82) is 0 Å². The monoisotopic (exact) mass is 602 g/mol. The number of fused-ring (bicyclic) bond motifs is 4. The highest BCUT2D eigenvalue weighted by molar-refractivity contribution is 6.27. The molecule has 0 aliphatic heterocycles. The minimum atomic E-state index is -3.02. The van der Waals surface area contributed by atoms with Gasteiger partial charge in [0.15, 0.2) is 23.0 Å². The van der Waals surface area contributed by atoms with E-state index in [-0.39, 0.29) is 28.7 Å². The third-order valence-corrected chi connectivity index (χ3v) is 9.73. The molecule has 0 radical (unpaired) electrons. The van der Waals surface area contributed by atoms with E-state index in [2.05, 4.69) is 0 Å². The molecule has 1 saturated carbocycles. The molecule has 0 aromatic heterocycles. The Balaban J connectivity index is 1.50. The minimum Gasteiger partial charge on any atom is -0.508 e. The number of carbonyl (C=O) groups excluding carboxylic acids is 5. The van der Waals surface area contributed by atoms with Gasteiger partial charge in [0, 0.05) is 22.6 Å². The highest BCUT2D eigenvalue weighted by Crippen LogP contribution is 2.56. The topological polar surface area (TPSA) is 216 Å². The Hall–Kier alpha value is -4.65. The van der Waals surface area contributed by atoms with Gasteiger partial charge in [-0.3, -0.25) is 28.9 Å². The molecule has 4 aliphatic carbocycles. The van der Waals surface area contributed by atoms with E-state index in [0.29, 0.717) is 5.56 Å². The van der Waals surface area contributed by atoms with Crippen LogP contribution in [-0.4, -0.2) is 91.3 Å². The molecule has 0 unspecified atom stereocenters. The van der Waals surface area contributed by atoms with Crippen LogP contribution in [0.25, 0.3) is 5.76 Å². The molecule has 6 atom stereocenters. The van der Waals surface area contributed by atoms with Gasteiger partial charge in [0.1, 0.15) is 22.8 Å². The number of likely N-dealkylation sites (N-methyl/N-ethyl adjacent to an activating group) is 1. The SMILES string of the molecule is C[C@@H]1c2ccc(CC3C(=O)c4ccccc4C3=O)c(O)c2C(O)=C2C(=O)[C@@]3(O)C(O)=C(C(N)=O)C(=O)[C@H](N(C)C)[C@H]3[C@H](O)[C@H]21. The van der Waals surface area contributed by atoms with Gasteiger partial charge in [0.25, 0.3) is 5.91 Å². The van der Waals surface area contributed by atoms with Gasteiger partial charge < -0.3 is 31.3 Å². The molecule has 12 nitrogen and oxygen atoms in total. The Kier molecular flexibility index (Phi) is 6.47. The number of carbonyl (C=O) groups is 5. The predicted molar refractivity (Wildman–Crippen MR) is 153 cm³/mol. The molecular weight excluding hydrogens is 572 g/mol. The van der Waals surface area contributed by atoms with Crippen LogP contribution in [-0.2, 0) is 20.8 Å². The van der Waals surface area contributed by atoms with Crippen LogP contribution in [0.5, 0.6) is 5.75 Å². The first-order valence-corrected chi connectivity index (χ1v) is 14.0. The normalized spacial score (nSPS) is 30.0. The fraction of sp³-hybridized carbons (Fsp3) is 0.344. The molecule has 6 rings (SSSR count). The maximum Gasteiger partial charge on any atom is 0.255 e. The molecule has 2 aromatic carbocycles. The molecule has 228 valence electrons. The molecule has 0 saturated heterocycles. The van der Waals surface area contributed by atoms with Crippen LogP contribution in [0, 0.1) is 17.8 Å². The van der Waals surface area contributed by atoms with Crippen LogP contribution in [0.3, 0.4) is 0 Å². The summed E-state index contributed by atoms with van der Waals surface area (Å²) in [5.74, 6) is -11.8. The predicted octanol–water partition coefficient (Wildman–Crippen LogP) is 0.734. The summed E-state index contributed by atoms with van der Waals surface area (Å²) in [6, 6.07) is 7.98. The van der Waals surface area contributed by atoms with Gasteiger partial charge in [0.2, 0.25) is 5.78 Å². The molecule has 0 heterocycles. The van der Waals surface area contributed by atoms with Crippen molar-refractivity contribution < 1.29 is 49.5 Å². The number of aliphatic hydroxyl groups is 4. The van der Waals surface area contributed by atoms with Crippen LogP contribution in [0.2, 0.25) is 0 Å². The molecule has 7 N–H and O–H groups in total. The lowest BCUT2D eigenvalue weighted by molar-refractivity contribution is -0.169. The van der Waals surface area contributed by atoms with E-state index >= 15 is 0 Å². The van der Waals surface area contributed by atoms with E-state index in [9.17, 15) is 49.5 Å². The summed E-state index contributed by atoms with van der Waals surface area (Å²) < 4.78 is 0. The summed E-state index contributed by atoms with van der Waals surface area (Å²) in [4.78, 5) is 66.9. The molecule has 44 heavy (non-hydrogen) atoms. The van der Waals surface area contributed by atoms with E-state index in [4.69, 9.17) is 5.73 Å². The molecule has 4 aliphatic rings. The summed E-state index contributed by atoms with van der Waals surface area (Å²) in [5, 5.41) is 57.5. The number of rotatable bonds is 4. The fourth-order valence-corrected chi connectivity index (χ4v) is 7.64. The van der Waals surface area contributed by atoms with Crippen molar-refractivity contribution in [1.82, 2.24) is 4.90 Å². The van der Waals surface area contributed by atoms with Gasteiger partial charge in [-0.2, -0.15) is 0 Å². The maximum atomic E-state index is 14.1. The number of Topliss-reactive ketones (excluding diaryl/α,β-unsaturated/α-hetero) is 4. The zero-order valence-corrected chi connectivity index (χ0v) is 23.9. The van der Waals surface area contributed by atoms with Crippen molar-refractivity contribution >= 4 is 34.8 Å². The number of amides is 1. The maximum absolute atomic E-state index is 14.1. The number of hydrogen-bond acceptors (Lipinski definition) is 11. The first-order chi connectivity index (χ1) is 20.7. The number of nitrogens with two attached hydrogens (primary N) is 1. The second-order valence-electron chi connectivity index (χ2n) is 12.1. The average Bonchev–Trinajstić information content (AvgIpc) is 3.20. The lowest BCUT2D eigenvalue weighted by Crippen LogP contribution is -2.70. The summed E-state index contributed by atoms with van der Waals surface area (Å²) in [7, 11) is 2.86. The van der Waals surface area contributed by atoms with Gasteiger partial charge in [-0.25, -0.2) is 0 Å². The minimum absolute atomic E-state index is 0.135. The Morgan fingerprint density at radius 2 is 1.55 bits per heavy atom. The molecule has 0 spiro atoms. The summed E-state index contributed by atoms with van der Waals surface area (Å²) in [5.41, 5.74) is 1.61. The number of aromatic hydroxyl groups is 1. The molecule has 1 fully saturated rings. The second kappa shape index (κ2) is 9.68. The number of phenolic OH excluding ortho intramolecular Hbond substituents is 1. The number of nitrogens with zero attached hydrogens (tertiary/aromatic N) is 1. The van der Waals surface area contributed by atoms with Crippen LogP contribution in [0.4, 0.5) is 0 Å².